The Morgan fingerprint density at radius 3 is 2.55 bits per heavy atom. The second kappa shape index (κ2) is 5.61. The van der Waals surface area contributed by atoms with Gasteiger partial charge in [0, 0.05) is 17.8 Å². The molecule has 1 unspecified atom stereocenters. The van der Waals surface area contributed by atoms with Gasteiger partial charge in [-0.3, -0.25) is 0 Å². The first-order chi connectivity index (χ1) is 9.75. The normalized spacial score (nSPS) is 17.4. The summed E-state index contributed by atoms with van der Waals surface area (Å²) in [7, 11) is 0. The quantitative estimate of drug-likeness (QED) is 0.868. The lowest BCUT2D eigenvalue weighted by molar-refractivity contribution is 0.523. The summed E-state index contributed by atoms with van der Waals surface area (Å²) in [6.07, 6.45) is 2.22. The highest BCUT2D eigenvalue weighted by atomic mass is 19.1. The van der Waals surface area contributed by atoms with Gasteiger partial charge in [-0.25, -0.2) is 8.78 Å². The average molecular weight is 273 g/mol. The van der Waals surface area contributed by atoms with E-state index in [-0.39, 0.29) is 5.56 Å². The van der Waals surface area contributed by atoms with E-state index in [9.17, 15) is 8.78 Å². The number of hydrogen-bond donors (Lipinski definition) is 1. The van der Waals surface area contributed by atoms with Crippen LogP contribution in [-0.4, -0.2) is 6.54 Å². The van der Waals surface area contributed by atoms with Crippen molar-refractivity contribution in [1.29, 1.82) is 0 Å². The third-order valence-corrected chi connectivity index (χ3v) is 4.01. The molecule has 1 aliphatic heterocycles. The number of nitrogens with one attached hydrogen (secondary N) is 1. The molecule has 20 heavy (non-hydrogen) atoms. The summed E-state index contributed by atoms with van der Waals surface area (Å²) in [5, 5.41) is 3.37. The van der Waals surface area contributed by atoms with Crippen LogP contribution in [0, 0.1) is 11.6 Å². The summed E-state index contributed by atoms with van der Waals surface area (Å²) in [4.78, 5) is 0. The zero-order valence-corrected chi connectivity index (χ0v) is 11.2. The van der Waals surface area contributed by atoms with Gasteiger partial charge in [0.15, 0.2) is 0 Å². The molecule has 104 valence electrons. The molecule has 0 saturated heterocycles. The molecule has 0 aliphatic carbocycles. The minimum absolute atomic E-state index is 0.212. The molecule has 0 aromatic heterocycles. The summed E-state index contributed by atoms with van der Waals surface area (Å²) < 4.78 is 27.3. The molecule has 1 nitrogen and oxygen atoms in total. The van der Waals surface area contributed by atoms with Crippen molar-refractivity contribution in [2.24, 2.45) is 0 Å². The Morgan fingerprint density at radius 2 is 1.75 bits per heavy atom. The van der Waals surface area contributed by atoms with Crippen molar-refractivity contribution in [2.45, 2.75) is 25.2 Å². The maximum atomic E-state index is 13.6. The predicted octanol–water partition coefficient (Wildman–Crippen LogP) is 4.50. The largest absolute Gasteiger partial charge is 0.385 e. The summed E-state index contributed by atoms with van der Waals surface area (Å²) in [6, 6.07) is 12.2. The molecule has 0 saturated carbocycles. The summed E-state index contributed by atoms with van der Waals surface area (Å²) in [5.74, 6) is -0.508. The van der Waals surface area contributed by atoms with E-state index in [0.717, 1.165) is 25.1 Å². The lowest BCUT2D eigenvalue weighted by atomic mass is 9.86. The van der Waals surface area contributed by atoms with E-state index < -0.39 is 11.6 Å². The molecule has 2 aromatic rings. The molecule has 1 atom stereocenters. The van der Waals surface area contributed by atoms with Crippen LogP contribution in [0.5, 0.6) is 0 Å². The van der Waals surface area contributed by atoms with Crippen LogP contribution in [0.25, 0.3) is 0 Å². The third kappa shape index (κ3) is 2.53. The Balaban J connectivity index is 1.77. The molecule has 1 heterocycles. The molecular weight excluding hydrogens is 256 g/mol. The van der Waals surface area contributed by atoms with E-state index in [4.69, 9.17) is 0 Å². The van der Waals surface area contributed by atoms with Crippen LogP contribution in [-0.2, 0) is 6.42 Å². The molecule has 0 spiro atoms. The molecule has 1 N–H and O–H groups in total. The third-order valence-electron chi connectivity index (χ3n) is 4.01. The monoisotopic (exact) mass is 273 g/mol. The van der Waals surface area contributed by atoms with Gasteiger partial charge in [0.05, 0.1) is 0 Å². The van der Waals surface area contributed by atoms with Crippen molar-refractivity contribution in [3.8, 4) is 0 Å². The first kappa shape index (κ1) is 13.1. The number of rotatable bonds is 3. The zero-order chi connectivity index (χ0) is 13.9. The highest BCUT2D eigenvalue weighted by Crippen LogP contribution is 2.34. The van der Waals surface area contributed by atoms with Gasteiger partial charge in [0.1, 0.15) is 11.6 Å². The van der Waals surface area contributed by atoms with Gasteiger partial charge >= 0.3 is 0 Å². The van der Waals surface area contributed by atoms with Gasteiger partial charge in [0.2, 0.25) is 0 Å². The van der Waals surface area contributed by atoms with Crippen molar-refractivity contribution in [3.63, 3.8) is 0 Å². The fraction of sp³-hybridized carbons (Fsp3) is 0.294. The fourth-order valence-corrected chi connectivity index (χ4v) is 2.94. The van der Waals surface area contributed by atoms with Gasteiger partial charge < -0.3 is 5.32 Å². The number of para-hydroxylation sites is 1. The van der Waals surface area contributed by atoms with Crippen LogP contribution >= 0.6 is 0 Å². The van der Waals surface area contributed by atoms with E-state index in [1.54, 1.807) is 0 Å². The molecule has 1 aliphatic rings. The topological polar surface area (TPSA) is 12.0 Å². The first-order valence-corrected chi connectivity index (χ1v) is 7.01. The Bertz CT molecular complexity index is 589. The Hall–Kier alpha value is -1.90. The van der Waals surface area contributed by atoms with Crippen molar-refractivity contribution in [3.05, 3.63) is 65.2 Å². The van der Waals surface area contributed by atoms with Crippen molar-refractivity contribution >= 4 is 5.69 Å². The van der Waals surface area contributed by atoms with Gasteiger partial charge in [-0.05, 0) is 48.9 Å². The molecular formula is C17H17F2N. The van der Waals surface area contributed by atoms with Crippen LogP contribution in [0.1, 0.15) is 29.9 Å². The zero-order valence-electron chi connectivity index (χ0n) is 11.2. The van der Waals surface area contributed by atoms with E-state index in [1.165, 1.54) is 23.8 Å². The lowest BCUT2D eigenvalue weighted by Gasteiger charge is -2.26. The number of halogens is 2. The summed E-state index contributed by atoms with van der Waals surface area (Å²) >= 11 is 0. The number of benzene rings is 2. The number of anilines is 1. The Labute approximate surface area is 117 Å². The fourth-order valence-electron chi connectivity index (χ4n) is 2.94. The number of fused-ring (bicyclic) bond motifs is 1. The second-order valence-corrected chi connectivity index (χ2v) is 5.24. The molecule has 0 fully saturated rings. The van der Waals surface area contributed by atoms with E-state index >= 15 is 0 Å². The van der Waals surface area contributed by atoms with Crippen LogP contribution in [0.2, 0.25) is 0 Å². The van der Waals surface area contributed by atoms with Crippen LogP contribution in [0.3, 0.4) is 0 Å². The standard InChI is InChI=1S/C17H17F2N/c18-15-5-3-6-16(19)14(15)9-8-12-10-11-20-17-7-2-1-4-13(12)17/h1-7,12,20H,8-11H2. The summed E-state index contributed by atoms with van der Waals surface area (Å²) in [6.45, 7) is 0.918. The summed E-state index contributed by atoms with van der Waals surface area (Å²) in [5.41, 5.74) is 2.62. The predicted molar refractivity (Wildman–Crippen MR) is 77.0 cm³/mol. The average Bonchev–Trinajstić information content (AvgIpc) is 2.47. The van der Waals surface area contributed by atoms with E-state index in [0.29, 0.717) is 12.3 Å². The first-order valence-electron chi connectivity index (χ1n) is 7.01. The SMILES string of the molecule is Fc1cccc(F)c1CCC1CCNc2ccccc21. The Morgan fingerprint density at radius 1 is 1.00 bits per heavy atom. The van der Waals surface area contributed by atoms with E-state index in [2.05, 4.69) is 17.4 Å². The maximum Gasteiger partial charge on any atom is 0.129 e. The second-order valence-electron chi connectivity index (χ2n) is 5.24. The van der Waals surface area contributed by atoms with E-state index in [1.807, 2.05) is 12.1 Å². The number of hydrogen-bond acceptors (Lipinski definition) is 1. The van der Waals surface area contributed by atoms with Gasteiger partial charge in [-0.15, -0.1) is 0 Å². The van der Waals surface area contributed by atoms with Crippen molar-refractivity contribution in [2.75, 3.05) is 11.9 Å². The molecule has 0 amide bonds. The lowest BCUT2D eigenvalue weighted by Crippen LogP contribution is -2.17. The highest BCUT2D eigenvalue weighted by Gasteiger charge is 2.20. The maximum absolute atomic E-state index is 13.6. The van der Waals surface area contributed by atoms with Gasteiger partial charge in [-0.1, -0.05) is 24.3 Å². The molecule has 0 bridgehead atoms. The minimum atomic E-state index is -0.438. The van der Waals surface area contributed by atoms with Crippen LogP contribution < -0.4 is 5.32 Å². The van der Waals surface area contributed by atoms with Gasteiger partial charge in [-0.2, -0.15) is 0 Å². The molecule has 0 radical (unpaired) electrons. The van der Waals surface area contributed by atoms with Crippen LogP contribution in [0.4, 0.5) is 14.5 Å². The minimum Gasteiger partial charge on any atom is -0.385 e. The highest BCUT2D eigenvalue weighted by molar-refractivity contribution is 5.54. The molecule has 3 heteroatoms. The Kier molecular flexibility index (Phi) is 3.68. The van der Waals surface area contributed by atoms with Gasteiger partial charge in [0.25, 0.3) is 0 Å². The molecule has 3 rings (SSSR count). The van der Waals surface area contributed by atoms with Crippen molar-refractivity contribution in [1.82, 2.24) is 0 Å². The molecule has 2 aromatic carbocycles. The van der Waals surface area contributed by atoms with Crippen molar-refractivity contribution < 1.29 is 8.78 Å². The van der Waals surface area contributed by atoms with Crippen LogP contribution in [0.15, 0.2) is 42.5 Å². The smallest absolute Gasteiger partial charge is 0.129 e.